The van der Waals surface area contributed by atoms with Crippen LogP contribution in [0.2, 0.25) is 0 Å². The molecule has 1 heterocycles. The highest BCUT2D eigenvalue weighted by atomic mass is 15.6. The van der Waals surface area contributed by atoms with Crippen LogP contribution in [-0.2, 0) is 0 Å². The van der Waals surface area contributed by atoms with Crippen molar-refractivity contribution in [3.63, 3.8) is 0 Å². The summed E-state index contributed by atoms with van der Waals surface area (Å²) in [6.45, 7) is 10.1. The molecule has 0 bridgehead atoms. The van der Waals surface area contributed by atoms with Crippen molar-refractivity contribution in [1.29, 1.82) is 0 Å². The summed E-state index contributed by atoms with van der Waals surface area (Å²) in [4.78, 5) is 0. The van der Waals surface area contributed by atoms with E-state index in [4.69, 9.17) is 0 Å². The molecule has 0 aromatic rings. The van der Waals surface area contributed by atoms with Crippen molar-refractivity contribution in [2.24, 2.45) is 16.1 Å². The van der Waals surface area contributed by atoms with Gasteiger partial charge < -0.3 is 5.32 Å². The van der Waals surface area contributed by atoms with E-state index in [-0.39, 0.29) is 0 Å². The van der Waals surface area contributed by atoms with Crippen molar-refractivity contribution in [3.8, 4) is 0 Å². The molecule has 0 aromatic heterocycles. The number of amidine groups is 1. The second kappa shape index (κ2) is 7.19. The first-order valence-electron chi connectivity index (χ1n) is 6.00. The Kier molecular flexibility index (Phi) is 5.86. The lowest BCUT2D eigenvalue weighted by Gasteiger charge is -2.34. The van der Waals surface area contributed by atoms with E-state index in [1.807, 2.05) is 25.2 Å². The van der Waals surface area contributed by atoms with Gasteiger partial charge in [0.15, 0.2) is 0 Å². The number of nitrogens with one attached hydrogen (secondary N) is 1. The highest BCUT2D eigenvalue weighted by molar-refractivity contribution is 5.84. The minimum absolute atomic E-state index is 0.457. The molecule has 96 valence electrons. The summed E-state index contributed by atoms with van der Waals surface area (Å²) in [5.74, 6) is 1.45. The third-order valence-electron chi connectivity index (χ3n) is 3.11. The molecule has 0 aromatic carbocycles. The average Bonchev–Trinajstić information content (AvgIpc) is 2.36. The third kappa shape index (κ3) is 3.94. The molecular formula is C12H23N5. The van der Waals surface area contributed by atoms with Crippen LogP contribution in [0.25, 0.3) is 0 Å². The maximum Gasteiger partial charge on any atom is 0.144 e. The highest BCUT2D eigenvalue weighted by Gasteiger charge is 2.23. The van der Waals surface area contributed by atoms with Gasteiger partial charge in [0, 0.05) is 33.3 Å². The predicted octanol–water partition coefficient (Wildman–Crippen LogP) is 0.965. The molecule has 17 heavy (non-hydrogen) atoms. The zero-order chi connectivity index (χ0) is 12.7. The van der Waals surface area contributed by atoms with Gasteiger partial charge in [-0.2, -0.15) is 5.10 Å². The summed E-state index contributed by atoms with van der Waals surface area (Å²) in [5, 5.41) is 15.4. The van der Waals surface area contributed by atoms with Crippen LogP contribution in [0.15, 0.2) is 22.9 Å². The van der Waals surface area contributed by atoms with Gasteiger partial charge in [0.05, 0.1) is 0 Å². The van der Waals surface area contributed by atoms with E-state index in [9.17, 15) is 0 Å². The Balaban J connectivity index is 2.73. The summed E-state index contributed by atoms with van der Waals surface area (Å²) in [7, 11) is 4.02. The Bertz CT molecular complexity index is 281. The van der Waals surface area contributed by atoms with E-state index in [1.54, 1.807) is 0 Å². The molecular weight excluding hydrogens is 214 g/mol. The number of hydrazine groups is 1. The molecule has 5 nitrogen and oxygen atoms in total. The zero-order valence-electron chi connectivity index (χ0n) is 10.9. The Morgan fingerprint density at radius 1 is 1.41 bits per heavy atom. The second-order valence-electron chi connectivity index (χ2n) is 4.28. The van der Waals surface area contributed by atoms with E-state index in [0.717, 1.165) is 38.3 Å². The van der Waals surface area contributed by atoms with Gasteiger partial charge in [0.25, 0.3) is 0 Å². The van der Waals surface area contributed by atoms with Gasteiger partial charge in [0.1, 0.15) is 5.84 Å². The topological polar surface area (TPSA) is 43.2 Å². The summed E-state index contributed by atoms with van der Waals surface area (Å²) >= 11 is 0. The molecule has 5 heteroatoms. The fraction of sp³-hybridized carbons (Fsp3) is 0.667. The number of hydrogen-bond acceptors (Lipinski definition) is 4. The number of piperidine rings is 1. The van der Waals surface area contributed by atoms with Crippen molar-refractivity contribution in [2.75, 3.05) is 33.7 Å². The minimum atomic E-state index is 0.457. The van der Waals surface area contributed by atoms with E-state index in [1.165, 1.54) is 0 Å². The monoisotopic (exact) mass is 237 g/mol. The van der Waals surface area contributed by atoms with Gasteiger partial charge >= 0.3 is 0 Å². The van der Waals surface area contributed by atoms with Gasteiger partial charge in [0.2, 0.25) is 0 Å². The lowest BCUT2D eigenvalue weighted by Crippen LogP contribution is -2.46. The van der Waals surface area contributed by atoms with Gasteiger partial charge in [-0.15, -0.1) is 11.7 Å². The van der Waals surface area contributed by atoms with Crippen LogP contribution in [0.4, 0.5) is 0 Å². The number of likely N-dealkylation sites (N-methyl/N-ethyl adjacent to an activating group) is 1. The Morgan fingerprint density at radius 3 is 2.59 bits per heavy atom. The summed E-state index contributed by atoms with van der Waals surface area (Å²) in [6, 6.07) is 0. The van der Waals surface area contributed by atoms with Gasteiger partial charge in [-0.3, -0.25) is 5.01 Å². The quantitative estimate of drug-likeness (QED) is 0.335. The van der Waals surface area contributed by atoms with Crippen LogP contribution in [0.5, 0.6) is 0 Å². The SMILES string of the molecule is C=CCN(C)N(C)/C(=N\N=C)C1CCNCC1. The molecule has 1 fully saturated rings. The fourth-order valence-electron chi connectivity index (χ4n) is 2.05. The Morgan fingerprint density at radius 2 is 2.06 bits per heavy atom. The summed E-state index contributed by atoms with van der Waals surface area (Å²) in [5.41, 5.74) is 0. The molecule has 0 amide bonds. The first-order chi connectivity index (χ1) is 8.20. The van der Waals surface area contributed by atoms with E-state index >= 15 is 0 Å². The van der Waals surface area contributed by atoms with Crippen LogP contribution in [0, 0.1) is 5.92 Å². The summed E-state index contributed by atoms with van der Waals surface area (Å²) < 4.78 is 0. The smallest absolute Gasteiger partial charge is 0.144 e. The van der Waals surface area contributed by atoms with Gasteiger partial charge in [-0.05, 0) is 25.9 Å². The number of nitrogens with zero attached hydrogens (tertiary/aromatic N) is 4. The van der Waals surface area contributed by atoms with Crippen molar-refractivity contribution in [1.82, 2.24) is 15.3 Å². The minimum Gasteiger partial charge on any atom is -0.317 e. The lowest BCUT2D eigenvalue weighted by atomic mass is 9.96. The van der Waals surface area contributed by atoms with Gasteiger partial charge in [-0.25, -0.2) is 5.01 Å². The van der Waals surface area contributed by atoms with Crippen LogP contribution >= 0.6 is 0 Å². The standard InChI is InChI=1S/C12H23N5/c1-5-10-16(3)17(4)12(15-13-2)11-6-8-14-9-7-11/h5,11,14H,1-2,6-10H2,3-4H3/b15-12-. The molecule has 0 saturated carbocycles. The lowest BCUT2D eigenvalue weighted by molar-refractivity contribution is 0.112. The molecule has 1 aliphatic rings. The van der Waals surface area contributed by atoms with E-state index < -0.39 is 0 Å². The maximum absolute atomic E-state index is 4.20. The normalized spacial score (nSPS) is 18.2. The first kappa shape index (κ1) is 13.9. The zero-order valence-corrected chi connectivity index (χ0v) is 10.9. The molecule has 0 atom stereocenters. The molecule has 1 aliphatic heterocycles. The molecule has 0 spiro atoms. The maximum atomic E-state index is 4.20. The molecule has 0 aliphatic carbocycles. The van der Waals surface area contributed by atoms with Gasteiger partial charge in [-0.1, -0.05) is 6.08 Å². The van der Waals surface area contributed by atoms with Crippen LogP contribution in [0.1, 0.15) is 12.8 Å². The molecule has 1 saturated heterocycles. The van der Waals surface area contributed by atoms with Crippen molar-refractivity contribution in [2.45, 2.75) is 12.8 Å². The third-order valence-corrected chi connectivity index (χ3v) is 3.11. The predicted molar refractivity (Wildman–Crippen MR) is 73.2 cm³/mol. The first-order valence-corrected chi connectivity index (χ1v) is 6.00. The molecule has 0 unspecified atom stereocenters. The number of rotatable bonds is 5. The molecule has 0 radical (unpaired) electrons. The number of hydrogen-bond donors (Lipinski definition) is 1. The van der Waals surface area contributed by atoms with E-state index in [0.29, 0.717) is 5.92 Å². The van der Waals surface area contributed by atoms with Crippen LogP contribution in [0.3, 0.4) is 0 Å². The van der Waals surface area contributed by atoms with E-state index in [2.05, 4.69) is 33.8 Å². The average molecular weight is 237 g/mol. The largest absolute Gasteiger partial charge is 0.317 e. The highest BCUT2D eigenvalue weighted by Crippen LogP contribution is 2.16. The van der Waals surface area contributed by atoms with Crippen molar-refractivity contribution in [3.05, 3.63) is 12.7 Å². The van der Waals surface area contributed by atoms with Crippen LogP contribution in [-0.4, -0.2) is 56.3 Å². The molecule has 1 rings (SSSR count). The van der Waals surface area contributed by atoms with Crippen LogP contribution < -0.4 is 5.32 Å². The van der Waals surface area contributed by atoms with Crippen molar-refractivity contribution >= 4 is 12.6 Å². The second-order valence-corrected chi connectivity index (χ2v) is 4.28. The Hall–Kier alpha value is -1.20. The molecule has 1 N–H and O–H groups in total. The Labute approximate surface area is 104 Å². The summed E-state index contributed by atoms with van der Waals surface area (Å²) in [6.07, 6.45) is 4.07. The van der Waals surface area contributed by atoms with Crippen molar-refractivity contribution < 1.29 is 0 Å². The fourth-order valence-corrected chi connectivity index (χ4v) is 2.05.